The van der Waals surface area contributed by atoms with Gasteiger partial charge in [-0.25, -0.2) is 0 Å². The van der Waals surface area contributed by atoms with Crippen LogP contribution in [0.4, 0.5) is 0 Å². The summed E-state index contributed by atoms with van der Waals surface area (Å²) in [5.74, 6) is 1.07. The molecule has 0 spiro atoms. The van der Waals surface area contributed by atoms with E-state index in [-0.39, 0.29) is 31.0 Å². The molecule has 0 aliphatic carbocycles. The molecule has 0 heterocycles. The van der Waals surface area contributed by atoms with Crippen molar-refractivity contribution in [2.45, 2.75) is 71.1 Å². The van der Waals surface area contributed by atoms with Crippen LogP contribution in [0.25, 0.3) is 0 Å². The van der Waals surface area contributed by atoms with Gasteiger partial charge >= 0.3 is 29.6 Å². The minimum absolute atomic E-state index is 0. The Morgan fingerprint density at radius 3 is 1.43 bits per heavy atom. The molecule has 0 N–H and O–H groups in total. The second-order valence-electron chi connectivity index (χ2n) is 3.91. The first-order chi connectivity index (χ1) is 6.41. The fraction of sp³-hybridized carbons (Fsp3) is 1.00. The molecule has 0 unspecified atom stereocenters. The van der Waals surface area contributed by atoms with Crippen molar-refractivity contribution in [2.75, 3.05) is 5.75 Å². The van der Waals surface area contributed by atoms with E-state index in [0.29, 0.717) is 0 Å². The van der Waals surface area contributed by atoms with E-state index in [1.807, 2.05) is 0 Å². The number of unbranched alkanes of at least 4 members (excludes halogenated alkanes) is 9. The fourth-order valence-electron chi connectivity index (χ4n) is 1.60. The first-order valence-electron chi connectivity index (χ1n) is 6.02. The maximum atomic E-state index is 4.20. The minimum Gasteiger partial charge on any atom is -1.00 e. The molecule has 0 bridgehead atoms. The molecule has 0 saturated heterocycles. The molecule has 0 aromatic carbocycles. The van der Waals surface area contributed by atoms with Gasteiger partial charge in [0.25, 0.3) is 0 Å². The summed E-state index contributed by atoms with van der Waals surface area (Å²) >= 11 is 4.20. The number of rotatable bonds is 10. The third-order valence-electron chi connectivity index (χ3n) is 2.51. The summed E-state index contributed by atoms with van der Waals surface area (Å²) < 4.78 is 0. The van der Waals surface area contributed by atoms with Gasteiger partial charge in [-0.05, 0) is 12.2 Å². The normalized spacial score (nSPS) is 9.86. The molecule has 0 nitrogen and oxygen atoms in total. The van der Waals surface area contributed by atoms with Gasteiger partial charge in [0.15, 0.2) is 0 Å². The van der Waals surface area contributed by atoms with Gasteiger partial charge in [0, 0.05) is 0 Å². The van der Waals surface area contributed by atoms with Gasteiger partial charge in [-0.1, -0.05) is 64.7 Å². The molecule has 0 atom stereocenters. The van der Waals surface area contributed by atoms with Crippen LogP contribution in [0.1, 0.15) is 72.6 Å². The van der Waals surface area contributed by atoms with Gasteiger partial charge in [0.2, 0.25) is 0 Å². The van der Waals surface area contributed by atoms with Gasteiger partial charge in [0.1, 0.15) is 0 Å². The SMILES string of the molecule is CCCCCCCCCCCCS.[H-].[Na+]. The Morgan fingerprint density at radius 1 is 0.714 bits per heavy atom. The number of thiol groups is 1. The number of hydrogen-bond donors (Lipinski definition) is 1. The van der Waals surface area contributed by atoms with Crippen molar-refractivity contribution in [1.82, 2.24) is 0 Å². The third-order valence-corrected chi connectivity index (χ3v) is 2.83. The Bertz CT molecular complexity index is 81.7. The van der Waals surface area contributed by atoms with Crippen molar-refractivity contribution in [3.05, 3.63) is 0 Å². The Morgan fingerprint density at radius 2 is 1.07 bits per heavy atom. The summed E-state index contributed by atoms with van der Waals surface area (Å²) in [5.41, 5.74) is 0. The van der Waals surface area contributed by atoms with Crippen LogP contribution < -0.4 is 29.6 Å². The van der Waals surface area contributed by atoms with Crippen molar-refractivity contribution >= 4 is 12.6 Å². The second-order valence-corrected chi connectivity index (χ2v) is 4.35. The molecule has 82 valence electrons. The fourth-order valence-corrected chi connectivity index (χ4v) is 1.82. The molecule has 0 rings (SSSR count). The van der Waals surface area contributed by atoms with Gasteiger partial charge in [-0.3, -0.25) is 0 Å². The van der Waals surface area contributed by atoms with Gasteiger partial charge < -0.3 is 1.43 Å². The zero-order valence-electron chi connectivity index (χ0n) is 11.2. The molecule has 0 fully saturated rings. The van der Waals surface area contributed by atoms with E-state index in [9.17, 15) is 0 Å². The first-order valence-corrected chi connectivity index (χ1v) is 6.66. The van der Waals surface area contributed by atoms with E-state index in [4.69, 9.17) is 0 Å². The summed E-state index contributed by atoms with van der Waals surface area (Å²) in [4.78, 5) is 0. The van der Waals surface area contributed by atoms with Crippen LogP contribution in [0.15, 0.2) is 0 Å². The molecule has 2 heteroatoms. The number of hydrogen-bond acceptors (Lipinski definition) is 1. The van der Waals surface area contributed by atoms with Gasteiger partial charge in [-0.15, -0.1) is 0 Å². The van der Waals surface area contributed by atoms with Crippen LogP contribution in [-0.2, 0) is 0 Å². The van der Waals surface area contributed by atoms with Crippen molar-refractivity contribution in [3.8, 4) is 0 Å². The topological polar surface area (TPSA) is 0 Å². The Hall–Kier alpha value is 1.35. The molecule has 0 saturated carbocycles. The molecule has 14 heavy (non-hydrogen) atoms. The molecule has 0 amide bonds. The van der Waals surface area contributed by atoms with Crippen LogP contribution in [0, 0.1) is 0 Å². The molecule has 0 aromatic heterocycles. The average Bonchev–Trinajstić information content (AvgIpc) is 2.16. The quantitative estimate of drug-likeness (QED) is 0.329. The predicted molar refractivity (Wildman–Crippen MR) is 66.8 cm³/mol. The molecule has 0 aromatic rings. The van der Waals surface area contributed by atoms with Crippen LogP contribution in [0.2, 0.25) is 0 Å². The van der Waals surface area contributed by atoms with E-state index in [1.165, 1.54) is 64.2 Å². The van der Waals surface area contributed by atoms with Gasteiger partial charge in [-0.2, -0.15) is 12.6 Å². The zero-order valence-corrected chi connectivity index (χ0v) is 13.1. The van der Waals surface area contributed by atoms with E-state index in [2.05, 4.69) is 19.6 Å². The minimum atomic E-state index is 0. The second kappa shape index (κ2) is 16.8. The Balaban J connectivity index is -0.000000720. The smallest absolute Gasteiger partial charge is 1.00 e. The molecule has 0 radical (unpaired) electrons. The van der Waals surface area contributed by atoms with Crippen LogP contribution >= 0.6 is 12.6 Å². The van der Waals surface area contributed by atoms with Crippen LogP contribution in [0.5, 0.6) is 0 Å². The monoisotopic (exact) mass is 226 g/mol. The summed E-state index contributed by atoms with van der Waals surface area (Å²) in [7, 11) is 0. The first kappa shape index (κ1) is 17.7. The van der Waals surface area contributed by atoms with E-state index < -0.39 is 0 Å². The largest absolute Gasteiger partial charge is 1.00 e. The third kappa shape index (κ3) is 15.8. The predicted octanol–water partition coefficient (Wildman–Crippen LogP) is 1.95. The van der Waals surface area contributed by atoms with E-state index in [0.717, 1.165) is 5.75 Å². The molecular weight excluding hydrogens is 199 g/mol. The van der Waals surface area contributed by atoms with E-state index >= 15 is 0 Å². The molecule has 0 aliphatic heterocycles. The summed E-state index contributed by atoms with van der Waals surface area (Å²) in [5, 5.41) is 0. The van der Waals surface area contributed by atoms with Crippen molar-refractivity contribution in [2.24, 2.45) is 0 Å². The van der Waals surface area contributed by atoms with Crippen molar-refractivity contribution in [1.29, 1.82) is 0 Å². The zero-order chi connectivity index (χ0) is 9.78. The Labute approximate surface area is 120 Å². The standard InChI is InChI=1S/C12H26S.Na.H/c1-2-3-4-5-6-7-8-9-10-11-12-13;;/h13H,2-12H2,1H3;;/q;+1;-1. The summed E-state index contributed by atoms with van der Waals surface area (Å²) in [6, 6.07) is 0. The maximum Gasteiger partial charge on any atom is 1.00 e. The summed E-state index contributed by atoms with van der Waals surface area (Å²) in [6.07, 6.45) is 14.2. The van der Waals surface area contributed by atoms with Crippen molar-refractivity contribution in [3.63, 3.8) is 0 Å². The maximum absolute atomic E-state index is 4.20. The van der Waals surface area contributed by atoms with Gasteiger partial charge in [0.05, 0.1) is 0 Å². The molecular formula is C12H27NaS. The Kier molecular flexibility index (Phi) is 21.2. The van der Waals surface area contributed by atoms with Crippen LogP contribution in [-0.4, -0.2) is 5.75 Å². The van der Waals surface area contributed by atoms with E-state index in [1.54, 1.807) is 0 Å². The average molecular weight is 226 g/mol. The summed E-state index contributed by atoms with van der Waals surface area (Å²) in [6.45, 7) is 2.28. The molecule has 0 aliphatic rings. The van der Waals surface area contributed by atoms with Crippen LogP contribution in [0.3, 0.4) is 0 Å². The van der Waals surface area contributed by atoms with Crippen molar-refractivity contribution < 1.29 is 31.0 Å².